The van der Waals surface area contributed by atoms with E-state index in [0.717, 1.165) is 5.69 Å². The second kappa shape index (κ2) is 6.41. The lowest BCUT2D eigenvalue weighted by Crippen LogP contribution is -2.31. The molecule has 0 unspecified atom stereocenters. The van der Waals surface area contributed by atoms with Crippen molar-refractivity contribution in [3.05, 3.63) is 47.7 Å². The minimum atomic E-state index is -1.66. The number of fused-ring (bicyclic) bond motifs is 1. The van der Waals surface area contributed by atoms with E-state index in [9.17, 15) is 10.0 Å². The van der Waals surface area contributed by atoms with Crippen LogP contribution in [-0.2, 0) is 0 Å². The fourth-order valence-electron chi connectivity index (χ4n) is 2.28. The van der Waals surface area contributed by atoms with Gasteiger partial charge in [0.2, 0.25) is 0 Å². The van der Waals surface area contributed by atoms with Crippen molar-refractivity contribution in [3.8, 4) is 5.75 Å². The molecule has 116 valence electrons. The van der Waals surface area contributed by atoms with E-state index in [2.05, 4.69) is 15.3 Å². The number of benzene rings is 2. The van der Waals surface area contributed by atoms with Gasteiger partial charge in [-0.25, -0.2) is 9.97 Å². The average molecular weight is 330 g/mol. The molecule has 0 radical (unpaired) electrons. The van der Waals surface area contributed by atoms with Crippen LogP contribution >= 0.6 is 11.6 Å². The largest absolute Gasteiger partial charge is 0.497 e. The van der Waals surface area contributed by atoms with Crippen LogP contribution in [-0.4, -0.2) is 34.2 Å². The highest BCUT2D eigenvalue weighted by molar-refractivity contribution is 6.60. The second-order valence-corrected chi connectivity index (χ2v) is 5.28. The maximum atomic E-state index is 9.51. The van der Waals surface area contributed by atoms with Gasteiger partial charge >= 0.3 is 7.12 Å². The van der Waals surface area contributed by atoms with Crippen LogP contribution in [0.15, 0.2) is 42.7 Å². The first-order valence-corrected chi connectivity index (χ1v) is 7.17. The molecule has 0 aliphatic heterocycles. The van der Waals surface area contributed by atoms with Crippen LogP contribution in [0.5, 0.6) is 5.75 Å². The lowest BCUT2D eigenvalue weighted by atomic mass is 9.79. The number of methoxy groups -OCH3 is 1. The fraction of sp³-hybridized carbons (Fsp3) is 0.0667. The molecule has 0 spiro atoms. The first kappa shape index (κ1) is 15.5. The third-order valence-electron chi connectivity index (χ3n) is 3.35. The van der Waals surface area contributed by atoms with Gasteiger partial charge in [0.05, 0.1) is 12.6 Å². The summed E-state index contributed by atoms with van der Waals surface area (Å²) in [4.78, 5) is 8.41. The van der Waals surface area contributed by atoms with E-state index in [-0.39, 0.29) is 5.46 Å². The molecule has 23 heavy (non-hydrogen) atoms. The summed E-state index contributed by atoms with van der Waals surface area (Å²) in [5.41, 5.74) is 1.62. The normalized spacial score (nSPS) is 10.6. The van der Waals surface area contributed by atoms with E-state index >= 15 is 0 Å². The molecule has 0 aliphatic carbocycles. The SMILES string of the molecule is COc1cc2ncnc(Nc3cccc(Cl)c3)c2cc1B(O)O. The summed E-state index contributed by atoms with van der Waals surface area (Å²) < 4.78 is 5.17. The molecule has 0 bridgehead atoms. The van der Waals surface area contributed by atoms with Gasteiger partial charge in [0.1, 0.15) is 17.9 Å². The summed E-state index contributed by atoms with van der Waals surface area (Å²) >= 11 is 5.98. The van der Waals surface area contributed by atoms with Crippen LogP contribution in [0.4, 0.5) is 11.5 Å². The summed E-state index contributed by atoms with van der Waals surface area (Å²) in [5.74, 6) is 0.877. The Kier molecular flexibility index (Phi) is 4.34. The third kappa shape index (κ3) is 3.21. The molecular weight excluding hydrogens is 316 g/mol. The van der Waals surface area contributed by atoms with Gasteiger partial charge < -0.3 is 20.1 Å². The summed E-state index contributed by atoms with van der Waals surface area (Å²) in [6.45, 7) is 0. The molecule has 1 aromatic heterocycles. The summed E-state index contributed by atoms with van der Waals surface area (Å²) in [6.07, 6.45) is 1.42. The van der Waals surface area contributed by atoms with Crippen molar-refractivity contribution >= 4 is 46.6 Å². The standard InChI is InChI=1S/C15H13BClN3O3/c1-23-14-7-13-11(6-12(14)16(21)22)15(19-8-18-13)20-10-4-2-3-9(17)5-10/h2-8,21-22H,1H3,(H,18,19,20). The molecule has 0 atom stereocenters. The van der Waals surface area contributed by atoms with Gasteiger partial charge in [0, 0.05) is 27.6 Å². The average Bonchev–Trinajstić information content (AvgIpc) is 2.54. The fourth-order valence-corrected chi connectivity index (χ4v) is 2.47. The van der Waals surface area contributed by atoms with Gasteiger partial charge in [0.25, 0.3) is 0 Å². The molecule has 3 aromatic rings. The first-order valence-electron chi connectivity index (χ1n) is 6.80. The van der Waals surface area contributed by atoms with Gasteiger partial charge in [-0.3, -0.25) is 0 Å². The minimum absolute atomic E-state index is 0.240. The van der Waals surface area contributed by atoms with Crippen molar-refractivity contribution in [2.75, 3.05) is 12.4 Å². The summed E-state index contributed by atoms with van der Waals surface area (Å²) in [5, 5.41) is 23.4. The first-order chi connectivity index (χ1) is 11.1. The van der Waals surface area contributed by atoms with Gasteiger partial charge in [-0.15, -0.1) is 0 Å². The Hall–Kier alpha value is -2.35. The number of halogens is 1. The number of ether oxygens (including phenoxy) is 1. The number of anilines is 2. The Morgan fingerprint density at radius 1 is 1.17 bits per heavy atom. The Bertz CT molecular complexity index is 860. The smallest absolute Gasteiger partial charge is 0.492 e. The topological polar surface area (TPSA) is 87.5 Å². The summed E-state index contributed by atoms with van der Waals surface area (Å²) in [6, 6.07) is 10.4. The van der Waals surface area contributed by atoms with Crippen LogP contribution in [0.3, 0.4) is 0 Å². The lowest BCUT2D eigenvalue weighted by Gasteiger charge is -2.12. The van der Waals surface area contributed by atoms with E-state index in [1.165, 1.54) is 13.4 Å². The zero-order chi connectivity index (χ0) is 16.4. The van der Waals surface area contributed by atoms with Gasteiger partial charge in [-0.05, 0) is 24.3 Å². The number of nitrogens with one attached hydrogen (secondary N) is 1. The molecule has 1 heterocycles. The highest BCUT2D eigenvalue weighted by atomic mass is 35.5. The molecule has 0 aliphatic rings. The maximum absolute atomic E-state index is 9.51. The van der Waals surface area contributed by atoms with Crippen molar-refractivity contribution in [3.63, 3.8) is 0 Å². The van der Waals surface area contributed by atoms with E-state index in [1.807, 2.05) is 12.1 Å². The molecule has 0 saturated heterocycles. The van der Waals surface area contributed by atoms with Crippen LogP contribution in [0.25, 0.3) is 10.9 Å². The molecule has 6 nitrogen and oxygen atoms in total. The Morgan fingerprint density at radius 2 is 2.00 bits per heavy atom. The van der Waals surface area contributed by atoms with Crippen molar-refractivity contribution in [1.29, 1.82) is 0 Å². The second-order valence-electron chi connectivity index (χ2n) is 4.84. The molecule has 0 saturated carbocycles. The zero-order valence-corrected chi connectivity index (χ0v) is 12.9. The number of hydrogen-bond donors (Lipinski definition) is 3. The Labute approximate surface area is 137 Å². The Balaban J connectivity index is 2.12. The van der Waals surface area contributed by atoms with Crippen LogP contribution in [0.2, 0.25) is 5.02 Å². The monoisotopic (exact) mass is 329 g/mol. The number of hydrogen-bond acceptors (Lipinski definition) is 6. The number of rotatable bonds is 4. The predicted molar refractivity (Wildman–Crippen MR) is 90.7 cm³/mol. The third-order valence-corrected chi connectivity index (χ3v) is 3.59. The number of aromatic nitrogens is 2. The van der Waals surface area contributed by atoms with Crippen LogP contribution in [0, 0.1) is 0 Å². The zero-order valence-electron chi connectivity index (χ0n) is 12.2. The molecule has 0 amide bonds. The van der Waals surface area contributed by atoms with Crippen molar-refractivity contribution in [2.45, 2.75) is 0 Å². The molecule has 8 heteroatoms. The predicted octanol–water partition coefficient (Wildman–Crippen LogP) is 1.72. The highest BCUT2D eigenvalue weighted by Gasteiger charge is 2.19. The molecule has 0 fully saturated rings. The van der Waals surface area contributed by atoms with E-state index in [1.54, 1.807) is 24.3 Å². The van der Waals surface area contributed by atoms with Crippen molar-refractivity contribution < 1.29 is 14.8 Å². The minimum Gasteiger partial charge on any atom is -0.497 e. The highest BCUT2D eigenvalue weighted by Crippen LogP contribution is 2.26. The quantitative estimate of drug-likeness (QED) is 0.632. The molecule has 2 aromatic carbocycles. The molecular formula is C15H13BClN3O3. The van der Waals surface area contributed by atoms with Crippen molar-refractivity contribution in [2.24, 2.45) is 0 Å². The Morgan fingerprint density at radius 3 is 2.70 bits per heavy atom. The van der Waals surface area contributed by atoms with Crippen molar-refractivity contribution in [1.82, 2.24) is 9.97 Å². The molecule has 3 N–H and O–H groups in total. The van der Waals surface area contributed by atoms with E-state index in [0.29, 0.717) is 27.5 Å². The van der Waals surface area contributed by atoms with Crippen LogP contribution < -0.4 is 15.5 Å². The summed E-state index contributed by atoms with van der Waals surface area (Å²) in [7, 11) is -0.201. The van der Waals surface area contributed by atoms with E-state index in [4.69, 9.17) is 16.3 Å². The van der Waals surface area contributed by atoms with Gasteiger partial charge in [0.15, 0.2) is 0 Å². The van der Waals surface area contributed by atoms with Gasteiger partial charge in [-0.2, -0.15) is 0 Å². The van der Waals surface area contributed by atoms with Crippen LogP contribution in [0.1, 0.15) is 0 Å². The number of nitrogens with zero attached hydrogens (tertiary/aromatic N) is 2. The molecule has 3 rings (SSSR count). The maximum Gasteiger partial charge on any atom is 0.492 e. The lowest BCUT2D eigenvalue weighted by molar-refractivity contribution is 0.403. The van der Waals surface area contributed by atoms with E-state index < -0.39 is 7.12 Å². The van der Waals surface area contributed by atoms with Gasteiger partial charge in [-0.1, -0.05) is 17.7 Å².